The molecule has 0 aliphatic heterocycles. The fourth-order valence-electron chi connectivity index (χ4n) is 3.55. The van der Waals surface area contributed by atoms with E-state index in [0.717, 1.165) is 10.0 Å². The number of nitrogens with one attached hydrogen (secondary N) is 2. The van der Waals surface area contributed by atoms with Crippen LogP contribution in [0.3, 0.4) is 0 Å². The van der Waals surface area contributed by atoms with E-state index in [-0.39, 0.29) is 10.6 Å². The number of anilines is 2. The fraction of sp³-hybridized carbons (Fsp3) is 0.130. The molecule has 2 N–H and O–H groups in total. The Morgan fingerprint density at radius 1 is 0.909 bits per heavy atom. The summed E-state index contributed by atoms with van der Waals surface area (Å²) in [6.07, 6.45) is 0. The third-order valence-electron chi connectivity index (χ3n) is 5.16. The maximum atomic E-state index is 13.1. The predicted molar refractivity (Wildman–Crippen MR) is 134 cm³/mol. The molecule has 0 spiro atoms. The van der Waals surface area contributed by atoms with Gasteiger partial charge in [0.2, 0.25) is 5.91 Å². The van der Waals surface area contributed by atoms with E-state index in [4.69, 9.17) is 46.4 Å². The van der Waals surface area contributed by atoms with Gasteiger partial charge in [0, 0.05) is 26.8 Å². The number of rotatable bonds is 5. The largest absolute Gasteiger partial charge is 0.326 e. The molecular formula is C23H14BrCl4FN2O2. The molecule has 0 aromatic heterocycles. The van der Waals surface area contributed by atoms with Crippen LogP contribution >= 0.6 is 62.3 Å². The Labute approximate surface area is 217 Å². The number of hydrogen-bond acceptors (Lipinski definition) is 2. The topological polar surface area (TPSA) is 58.2 Å². The quantitative estimate of drug-likeness (QED) is 0.300. The van der Waals surface area contributed by atoms with E-state index in [1.807, 2.05) is 6.07 Å². The van der Waals surface area contributed by atoms with Gasteiger partial charge in [-0.05, 0) is 66.2 Å². The van der Waals surface area contributed by atoms with Crippen LogP contribution in [0.15, 0.2) is 65.1 Å². The molecule has 2 atom stereocenters. The highest BCUT2D eigenvalue weighted by atomic mass is 79.9. The van der Waals surface area contributed by atoms with Crippen molar-refractivity contribution in [3.63, 3.8) is 0 Å². The molecule has 1 aliphatic carbocycles. The van der Waals surface area contributed by atoms with Crippen molar-refractivity contribution < 1.29 is 14.0 Å². The van der Waals surface area contributed by atoms with Gasteiger partial charge >= 0.3 is 0 Å². The van der Waals surface area contributed by atoms with E-state index in [1.165, 1.54) is 36.4 Å². The fourth-order valence-corrected chi connectivity index (χ4v) is 5.47. The molecule has 4 nitrogen and oxygen atoms in total. The lowest BCUT2D eigenvalue weighted by Gasteiger charge is -2.10. The molecule has 2 unspecified atom stereocenters. The van der Waals surface area contributed by atoms with Gasteiger partial charge in [0.25, 0.3) is 5.91 Å². The van der Waals surface area contributed by atoms with Crippen LogP contribution in [0, 0.1) is 11.7 Å². The summed E-state index contributed by atoms with van der Waals surface area (Å²) >= 11 is 28.5. The van der Waals surface area contributed by atoms with Gasteiger partial charge in [-0.25, -0.2) is 4.39 Å². The van der Waals surface area contributed by atoms with Gasteiger partial charge in [0.15, 0.2) is 0 Å². The van der Waals surface area contributed by atoms with Crippen molar-refractivity contribution in [2.75, 3.05) is 10.6 Å². The molecule has 2 amide bonds. The first-order valence-corrected chi connectivity index (χ1v) is 11.9. The van der Waals surface area contributed by atoms with Crippen LogP contribution in [0.25, 0.3) is 0 Å². The van der Waals surface area contributed by atoms with E-state index in [1.54, 1.807) is 18.2 Å². The lowest BCUT2D eigenvalue weighted by atomic mass is 10.1. The third kappa shape index (κ3) is 5.31. The molecule has 1 aliphatic rings. The van der Waals surface area contributed by atoms with Gasteiger partial charge in [0.05, 0.1) is 16.5 Å². The molecule has 33 heavy (non-hydrogen) atoms. The molecule has 1 saturated carbocycles. The van der Waals surface area contributed by atoms with Crippen LogP contribution < -0.4 is 10.6 Å². The molecular weight excluding hydrogens is 577 g/mol. The first-order valence-electron chi connectivity index (χ1n) is 9.57. The monoisotopic (exact) mass is 588 g/mol. The molecule has 0 bridgehead atoms. The highest BCUT2D eigenvalue weighted by Gasteiger charge is 2.67. The summed E-state index contributed by atoms with van der Waals surface area (Å²) in [6, 6.07) is 15.0. The van der Waals surface area contributed by atoms with Crippen LogP contribution in [0.1, 0.15) is 21.8 Å². The SMILES string of the molecule is O=C(Nc1ccc(F)cc1)c1cc(NC(=O)C2C(c3cc(Cl)cc(Br)c3)C2(Cl)Cl)ccc1Cl. The summed E-state index contributed by atoms with van der Waals surface area (Å²) in [7, 11) is 0. The van der Waals surface area contributed by atoms with E-state index in [9.17, 15) is 14.0 Å². The maximum Gasteiger partial charge on any atom is 0.257 e. The van der Waals surface area contributed by atoms with Crippen LogP contribution in [0.5, 0.6) is 0 Å². The van der Waals surface area contributed by atoms with Crippen LogP contribution in [0.4, 0.5) is 15.8 Å². The Balaban J connectivity index is 1.50. The molecule has 4 rings (SSSR count). The molecule has 0 heterocycles. The number of alkyl halides is 2. The van der Waals surface area contributed by atoms with Crippen molar-refractivity contribution >= 4 is 85.5 Å². The minimum atomic E-state index is -1.30. The van der Waals surface area contributed by atoms with Crippen LogP contribution in [-0.4, -0.2) is 16.1 Å². The second kappa shape index (κ2) is 9.43. The average molecular weight is 591 g/mol. The molecule has 0 radical (unpaired) electrons. The van der Waals surface area contributed by atoms with Gasteiger partial charge < -0.3 is 10.6 Å². The van der Waals surface area contributed by atoms with Crippen molar-refractivity contribution in [3.8, 4) is 0 Å². The summed E-state index contributed by atoms with van der Waals surface area (Å²) in [5.74, 6) is -2.52. The minimum absolute atomic E-state index is 0.132. The van der Waals surface area contributed by atoms with Gasteiger partial charge in [-0.3, -0.25) is 9.59 Å². The van der Waals surface area contributed by atoms with Crippen molar-refractivity contribution in [2.45, 2.75) is 10.3 Å². The number of hydrogen-bond donors (Lipinski definition) is 2. The average Bonchev–Trinajstić information content (AvgIpc) is 3.32. The second-order valence-electron chi connectivity index (χ2n) is 7.48. The summed E-state index contributed by atoms with van der Waals surface area (Å²) in [4.78, 5) is 25.6. The van der Waals surface area contributed by atoms with Crippen LogP contribution in [0.2, 0.25) is 10.0 Å². The van der Waals surface area contributed by atoms with Gasteiger partial charge in [0.1, 0.15) is 10.2 Å². The first kappa shape index (κ1) is 24.3. The smallest absolute Gasteiger partial charge is 0.257 e. The zero-order chi connectivity index (χ0) is 23.9. The summed E-state index contributed by atoms with van der Waals surface area (Å²) < 4.78 is 12.5. The molecule has 3 aromatic carbocycles. The van der Waals surface area contributed by atoms with Crippen molar-refractivity contribution in [2.24, 2.45) is 5.92 Å². The van der Waals surface area contributed by atoms with E-state index < -0.39 is 33.8 Å². The number of carbonyl (C=O) groups excluding carboxylic acids is 2. The maximum absolute atomic E-state index is 13.1. The standard InChI is InChI=1S/C23H14BrCl4FN2O2/c24-12-7-11(8-13(25)9-12)19-20(23(19,27)28)22(33)31-16-5-6-18(26)17(10-16)21(32)30-15-3-1-14(29)2-4-15/h1-10,19-20H,(H,30,32)(H,31,33). The highest BCUT2D eigenvalue weighted by molar-refractivity contribution is 9.10. The zero-order valence-electron chi connectivity index (χ0n) is 16.5. The number of benzene rings is 3. The Kier molecular flexibility index (Phi) is 6.95. The van der Waals surface area contributed by atoms with Gasteiger partial charge in [-0.15, -0.1) is 23.2 Å². The van der Waals surface area contributed by atoms with Gasteiger partial charge in [-0.1, -0.05) is 39.1 Å². The Bertz CT molecular complexity index is 1230. The normalized spacial score (nSPS) is 18.5. The molecule has 1 fully saturated rings. The van der Waals surface area contributed by atoms with E-state index in [2.05, 4.69) is 26.6 Å². The Morgan fingerprint density at radius 2 is 1.58 bits per heavy atom. The molecule has 170 valence electrons. The highest BCUT2D eigenvalue weighted by Crippen LogP contribution is 2.65. The van der Waals surface area contributed by atoms with Crippen molar-refractivity contribution in [1.29, 1.82) is 0 Å². The van der Waals surface area contributed by atoms with Crippen molar-refractivity contribution in [1.82, 2.24) is 0 Å². The predicted octanol–water partition coefficient (Wildman–Crippen LogP) is 7.67. The number of amides is 2. The Hall–Kier alpha value is -1.83. The Morgan fingerprint density at radius 3 is 2.24 bits per heavy atom. The summed E-state index contributed by atoms with van der Waals surface area (Å²) in [5, 5.41) is 6.05. The lowest BCUT2D eigenvalue weighted by molar-refractivity contribution is -0.117. The third-order valence-corrected chi connectivity index (χ3v) is 7.11. The molecule has 3 aromatic rings. The van der Waals surface area contributed by atoms with Crippen molar-refractivity contribution in [3.05, 3.63) is 92.1 Å². The number of halogens is 6. The first-order chi connectivity index (χ1) is 15.6. The number of carbonyl (C=O) groups is 2. The summed E-state index contributed by atoms with van der Waals surface area (Å²) in [6.45, 7) is 0. The summed E-state index contributed by atoms with van der Waals surface area (Å²) in [5.41, 5.74) is 1.60. The second-order valence-corrected chi connectivity index (χ2v) is 10.7. The zero-order valence-corrected chi connectivity index (χ0v) is 21.1. The minimum Gasteiger partial charge on any atom is -0.326 e. The molecule has 10 heteroatoms. The van der Waals surface area contributed by atoms with Crippen LogP contribution in [-0.2, 0) is 4.79 Å². The molecule has 0 saturated heterocycles. The van der Waals surface area contributed by atoms with E-state index >= 15 is 0 Å². The lowest BCUT2D eigenvalue weighted by Crippen LogP contribution is -2.18. The van der Waals surface area contributed by atoms with Gasteiger partial charge in [-0.2, -0.15) is 0 Å². The van der Waals surface area contributed by atoms with E-state index in [0.29, 0.717) is 16.4 Å².